The van der Waals surface area contributed by atoms with Crippen LogP contribution in [0, 0.1) is 19.8 Å². The van der Waals surface area contributed by atoms with E-state index in [9.17, 15) is 14.4 Å². The number of esters is 1. The second-order valence-corrected chi connectivity index (χ2v) is 7.77. The Morgan fingerprint density at radius 1 is 1.17 bits per heavy atom. The minimum Gasteiger partial charge on any atom is -0.462 e. The molecule has 1 saturated carbocycles. The van der Waals surface area contributed by atoms with E-state index in [2.05, 4.69) is 10.6 Å². The van der Waals surface area contributed by atoms with Crippen molar-refractivity contribution in [2.45, 2.75) is 53.1 Å². The maximum atomic E-state index is 12.6. The lowest BCUT2D eigenvalue weighted by Gasteiger charge is -2.17. The third kappa shape index (κ3) is 5.09. The molecule has 1 aliphatic carbocycles. The Morgan fingerprint density at radius 3 is 2.43 bits per heavy atom. The molecular formula is C23H29N3O4. The Hall–Kier alpha value is -3.09. The summed E-state index contributed by atoms with van der Waals surface area (Å²) in [4.78, 5) is 36.5. The van der Waals surface area contributed by atoms with Gasteiger partial charge in [0.1, 0.15) is 6.54 Å². The third-order valence-corrected chi connectivity index (χ3v) is 5.37. The first kappa shape index (κ1) is 21.6. The van der Waals surface area contributed by atoms with Gasteiger partial charge < -0.3 is 19.9 Å². The van der Waals surface area contributed by atoms with Crippen LogP contribution >= 0.6 is 0 Å². The number of nitrogens with zero attached hydrogens (tertiary/aromatic N) is 1. The van der Waals surface area contributed by atoms with Crippen LogP contribution in [0.1, 0.15) is 60.0 Å². The van der Waals surface area contributed by atoms with Crippen LogP contribution in [0.4, 0.5) is 5.69 Å². The largest absolute Gasteiger partial charge is 0.462 e. The van der Waals surface area contributed by atoms with Crippen molar-refractivity contribution in [3.8, 4) is 0 Å². The van der Waals surface area contributed by atoms with Gasteiger partial charge in [0.25, 0.3) is 0 Å². The molecule has 1 aromatic heterocycles. The van der Waals surface area contributed by atoms with Gasteiger partial charge in [-0.05, 0) is 64.3 Å². The first-order valence-electron chi connectivity index (χ1n) is 10.3. The van der Waals surface area contributed by atoms with E-state index < -0.39 is 0 Å². The molecule has 1 aliphatic rings. The summed E-state index contributed by atoms with van der Waals surface area (Å²) >= 11 is 0. The van der Waals surface area contributed by atoms with E-state index in [0.29, 0.717) is 17.9 Å². The third-order valence-electron chi connectivity index (χ3n) is 5.37. The molecule has 0 aliphatic heterocycles. The van der Waals surface area contributed by atoms with E-state index in [4.69, 9.17) is 4.74 Å². The zero-order valence-electron chi connectivity index (χ0n) is 18.0. The van der Waals surface area contributed by atoms with Gasteiger partial charge in [-0.1, -0.05) is 12.1 Å². The van der Waals surface area contributed by atoms with Crippen LogP contribution in [0.3, 0.4) is 0 Å². The second-order valence-electron chi connectivity index (χ2n) is 7.77. The summed E-state index contributed by atoms with van der Waals surface area (Å²) in [5.41, 5.74) is 3.73. The molecule has 2 N–H and O–H groups in total. The van der Waals surface area contributed by atoms with Crippen LogP contribution in [0.25, 0.3) is 0 Å². The Labute approximate surface area is 176 Å². The minimum atomic E-state index is -0.375. The Morgan fingerprint density at radius 2 is 1.83 bits per heavy atom. The van der Waals surface area contributed by atoms with E-state index in [-0.39, 0.29) is 36.3 Å². The molecule has 1 unspecified atom stereocenters. The van der Waals surface area contributed by atoms with Crippen molar-refractivity contribution in [2.75, 3.05) is 11.9 Å². The molecule has 0 spiro atoms. The molecule has 0 bridgehead atoms. The van der Waals surface area contributed by atoms with Crippen molar-refractivity contribution in [3.05, 3.63) is 52.8 Å². The average Bonchev–Trinajstić information content (AvgIpc) is 3.51. The van der Waals surface area contributed by atoms with Gasteiger partial charge in [-0.25, -0.2) is 4.79 Å². The number of amides is 2. The number of benzene rings is 1. The SMILES string of the molecule is CCOC(=O)c1cc(C)n(CC(=O)NC(C)c2ccc(NC(=O)C3CC3)cc2)c1C. The summed E-state index contributed by atoms with van der Waals surface area (Å²) in [6.07, 6.45) is 1.93. The normalized spacial score (nSPS) is 14.1. The standard InChI is InChI=1S/C23H29N3O4/c1-5-30-23(29)20-12-14(2)26(16(20)4)13-21(27)24-15(3)17-8-10-19(11-9-17)25-22(28)18-6-7-18/h8-12,15,18H,5-7,13H2,1-4H3,(H,24,27)(H,25,28). The van der Waals surface area contributed by atoms with Gasteiger partial charge in [-0.2, -0.15) is 0 Å². The predicted molar refractivity (Wildman–Crippen MR) is 114 cm³/mol. The molecule has 1 fully saturated rings. The van der Waals surface area contributed by atoms with E-state index >= 15 is 0 Å². The molecule has 0 radical (unpaired) electrons. The van der Waals surface area contributed by atoms with Crippen LogP contribution in [-0.2, 0) is 20.9 Å². The molecule has 0 saturated heterocycles. The van der Waals surface area contributed by atoms with Crippen LogP contribution < -0.4 is 10.6 Å². The zero-order valence-corrected chi connectivity index (χ0v) is 18.0. The van der Waals surface area contributed by atoms with Crippen LogP contribution in [0.2, 0.25) is 0 Å². The van der Waals surface area contributed by atoms with Gasteiger partial charge >= 0.3 is 5.97 Å². The number of carbonyl (C=O) groups is 3. The smallest absolute Gasteiger partial charge is 0.339 e. The van der Waals surface area contributed by atoms with Gasteiger partial charge in [-0.3, -0.25) is 9.59 Å². The minimum absolute atomic E-state index is 0.0729. The topological polar surface area (TPSA) is 89.4 Å². The molecule has 1 heterocycles. The van der Waals surface area contributed by atoms with E-state index in [1.165, 1.54) is 0 Å². The van der Waals surface area contributed by atoms with Crippen molar-refractivity contribution in [1.82, 2.24) is 9.88 Å². The second kappa shape index (κ2) is 9.15. The highest BCUT2D eigenvalue weighted by atomic mass is 16.5. The summed E-state index contributed by atoms with van der Waals surface area (Å²) in [6, 6.07) is 9.07. The van der Waals surface area contributed by atoms with Crippen molar-refractivity contribution in [3.63, 3.8) is 0 Å². The average molecular weight is 412 g/mol. The number of hydrogen-bond donors (Lipinski definition) is 2. The molecule has 1 aromatic carbocycles. The fraction of sp³-hybridized carbons (Fsp3) is 0.435. The van der Waals surface area contributed by atoms with Gasteiger partial charge in [-0.15, -0.1) is 0 Å². The maximum absolute atomic E-state index is 12.6. The quantitative estimate of drug-likeness (QED) is 0.651. The molecule has 2 amide bonds. The van der Waals surface area contributed by atoms with Crippen LogP contribution in [0.5, 0.6) is 0 Å². The molecule has 1 atom stereocenters. The number of aryl methyl sites for hydroxylation is 1. The lowest BCUT2D eigenvalue weighted by atomic mass is 10.1. The number of nitrogens with one attached hydrogen (secondary N) is 2. The van der Waals surface area contributed by atoms with E-state index in [0.717, 1.165) is 29.8 Å². The summed E-state index contributed by atoms with van der Waals surface area (Å²) < 4.78 is 6.89. The van der Waals surface area contributed by atoms with Gasteiger partial charge in [0.15, 0.2) is 0 Å². The number of aromatic nitrogens is 1. The van der Waals surface area contributed by atoms with Gasteiger partial charge in [0.05, 0.1) is 18.2 Å². The molecular weight excluding hydrogens is 382 g/mol. The summed E-state index contributed by atoms with van der Waals surface area (Å²) in [7, 11) is 0. The Kier molecular flexibility index (Phi) is 6.59. The van der Waals surface area contributed by atoms with Gasteiger partial charge in [0.2, 0.25) is 11.8 Å². The highest BCUT2D eigenvalue weighted by Crippen LogP contribution is 2.30. The van der Waals surface area contributed by atoms with E-state index in [1.54, 1.807) is 13.0 Å². The van der Waals surface area contributed by atoms with Crippen LogP contribution in [-0.4, -0.2) is 29.0 Å². The van der Waals surface area contributed by atoms with E-state index in [1.807, 2.05) is 49.6 Å². The highest BCUT2D eigenvalue weighted by Gasteiger charge is 2.29. The highest BCUT2D eigenvalue weighted by molar-refractivity contribution is 5.94. The first-order valence-corrected chi connectivity index (χ1v) is 10.3. The summed E-state index contributed by atoms with van der Waals surface area (Å²) in [5, 5.41) is 5.90. The molecule has 3 rings (SSSR count). The van der Waals surface area contributed by atoms with Crippen molar-refractivity contribution < 1.29 is 19.1 Å². The first-order chi connectivity index (χ1) is 14.3. The fourth-order valence-electron chi connectivity index (χ4n) is 3.42. The molecule has 2 aromatic rings. The summed E-state index contributed by atoms with van der Waals surface area (Å²) in [6.45, 7) is 7.78. The molecule has 30 heavy (non-hydrogen) atoms. The molecule has 7 heteroatoms. The Bertz CT molecular complexity index is 942. The van der Waals surface area contributed by atoms with Crippen molar-refractivity contribution in [1.29, 1.82) is 0 Å². The monoisotopic (exact) mass is 411 g/mol. The predicted octanol–water partition coefficient (Wildman–Crippen LogP) is 3.51. The summed E-state index contributed by atoms with van der Waals surface area (Å²) in [5.74, 6) is -0.290. The lowest BCUT2D eigenvalue weighted by Crippen LogP contribution is -2.30. The van der Waals surface area contributed by atoms with Gasteiger partial charge in [0, 0.05) is 23.0 Å². The number of ether oxygens (including phenoxy) is 1. The fourth-order valence-corrected chi connectivity index (χ4v) is 3.42. The Balaban J connectivity index is 1.59. The molecule has 160 valence electrons. The lowest BCUT2D eigenvalue weighted by molar-refractivity contribution is -0.122. The van der Waals surface area contributed by atoms with Crippen molar-refractivity contribution >= 4 is 23.5 Å². The number of rotatable bonds is 8. The number of hydrogen-bond acceptors (Lipinski definition) is 4. The zero-order chi connectivity index (χ0) is 21.8. The van der Waals surface area contributed by atoms with Crippen molar-refractivity contribution in [2.24, 2.45) is 5.92 Å². The molecule has 7 nitrogen and oxygen atoms in total. The number of carbonyl (C=O) groups excluding carboxylic acids is 3. The number of anilines is 1. The van der Waals surface area contributed by atoms with Crippen LogP contribution in [0.15, 0.2) is 30.3 Å². The maximum Gasteiger partial charge on any atom is 0.339 e.